The second-order valence-electron chi connectivity index (χ2n) is 4.42. The minimum Gasteiger partial charge on any atom is -0.354 e. The number of nitrogens with one attached hydrogen (secondary N) is 1. The van der Waals surface area contributed by atoms with Crippen LogP contribution in [0.25, 0.3) is 0 Å². The van der Waals surface area contributed by atoms with E-state index in [1.807, 2.05) is 13.8 Å². The van der Waals surface area contributed by atoms with Crippen LogP contribution < -0.4 is 5.32 Å². The van der Waals surface area contributed by atoms with Gasteiger partial charge in [0.05, 0.1) is 5.56 Å². The molecule has 0 aromatic heterocycles. The topological polar surface area (TPSA) is 46.2 Å². The summed E-state index contributed by atoms with van der Waals surface area (Å²) < 4.78 is 26.2. The number of amides is 1. The van der Waals surface area contributed by atoms with E-state index in [4.69, 9.17) is 0 Å². The molecule has 1 N–H and O–H groups in total. The summed E-state index contributed by atoms with van der Waals surface area (Å²) in [4.78, 5) is 23.2. The van der Waals surface area contributed by atoms with E-state index in [1.54, 1.807) is 0 Å². The quantitative estimate of drug-likeness (QED) is 0.807. The predicted octanol–water partition coefficient (Wildman–Crippen LogP) is 2.84. The van der Waals surface area contributed by atoms with Gasteiger partial charge in [-0.25, -0.2) is 8.78 Å². The molecule has 1 aromatic carbocycles. The Morgan fingerprint density at radius 2 is 1.95 bits per heavy atom. The monoisotopic (exact) mass is 269 g/mol. The van der Waals surface area contributed by atoms with Gasteiger partial charge in [0, 0.05) is 18.9 Å². The van der Waals surface area contributed by atoms with Gasteiger partial charge in [0.25, 0.3) is 0 Å². The first-order valence-electron chi connectivity index (χ1n) is 6.21. The molecular weight excluding hydrogens is 252 g/mol. The van der Waals surface area contributed by atoms with E-state index >= 15 is 0 Å². The SMILES string of the molecule is CCC(C)NC(=O)CCC(=O)c1cc(F)ccc1F. The molecule has 0 saturated carbocycles. The third-order valence-corrected chi connectivity index (χ3v) is 2.83. The normalized spacial score (nSPS) is 12.0. The average molecular weight is 269 g/mol. The highest BCUT2D eigenvalue weighted by Crippen LogP contribution is 2.13. The molecule has 104 valence electrons. The maximum absolute atomic E-state index is 13.3. The summed E-state index contributed by atoms with van der Waals surface area (Å²) in [6.07, 6.45) is 0.625. The molecule has 3 nitrogen and oxygen atoms in total. The summed E-state index contributed by atoms with van der Waals surface area (Å²) in [6, 6.07) is 2.74. The molecule has 19 heavy (non-hydrogen) atoms. The highest BCUT2D eigenvalue weighted by molar-refractivity contribution is 5.98. The molecule has 0 bridgehead atoms. The minimum atomic E-state index is -0.770. The molecule has 0 fully saturated rings. The first-order chi connectivity index (χ1) is 8.93. The van der Waals surface area contributed by atoms with E-state index in [-0.39, 0.29) is 30.4 Å². The van der Waals surface area contributed by atoms with Crippen molar-refractivity contribution in [2.75, 3.05) is 0 Å². The van der Waals surface area contributed by atoms with Gasteiger partial charge in [-0.1, -0.05) is 6.92 Å². The van der Waals surface area contributed by atoms with Crippen LogP contribution in [0.1, 0.15) is 43.5 Å². The summed E-state index contributed by atoms with van der Waals surface area (Å²) in [6.45, 7) is 3.78. The number of halogens is 2. The van der Waals surface area contributed by atoms with Crippen molar-refractivity contribution in [1.82, 2.24) is 5.32 Å². The second-order valence-corrected chi connectivity index (χ2v) is 4.42. The maximum atomic E-state index is 13.3. The zero-order valence-corrected chi connectivity index (χ0v) is 11.0. The van der Waals surface area contributed by atoms with E-state index < -0.39 is 17.4 Å². The van der Waals surface area contributed by atoms with E-state index in [0.29, 0.717) is 0 Å². The molecule has 0 aliphatic carbocycles. The smallest absolute Gasteiger partial charge is 0.220 e. The number of carbonyl (C=O) groups excluding carboxylic acids is 2. The number of carbonyl (C=O) groups is 2. The molecule has 1 rings (SSSR count). The Bertz CT molecular complexity index is 475. The highest BCUT2D eigenvalue weighted by atomic mass is 19.1. The highest BCUT2D eigenvalue weighted by Gasteiger charge is 2.15. The average Bonchev–Trinajstić information content (AvgIpc) is 2.38. The molecule has 1 atom stereocenters. The predicted molar refractivity (Wildman–Crippen MR) is 67.8 cm³/mol. The standard InChI is InChI=1S/C14H17F2NO2/c1-3-9(2)17-14(19)7-6-13(18)11-8-10(15)4-5-12(11)16/h4-5,8-9H,3,6-7H2,1-2H3,(H,17,19). The van der Waals surface area contributed by atoms with Gasteiger partial charge in [0.2, 0.25) is 5.91 Å². The van der Waals surface area contributed by atoms with Crippen molar-refractivity contribution in [3.05, 3.63) is 35.4 Å². The van der Waals surface area contributed by atoms with Gasteiger partial charge in [0.15, 0.2) is 5.78 Å². The van der Waals surface area contributed by atoms with Crippen LogP contribution in [0.15, 0.2) is 18.2 Å². The Labute approximate surface area is 111 Å². The van der Waals surface area contributed by atoms with Crippen LogP contribution in [-0.4, -0.2) is 17.7 Å². The van der Waals surface area contributed by atoms with Gasteiger partial charge in [-0.3, -0.25) is 9.59 Å². The number of rotatable bonds is 6. The van der Waals surface area contributed by atoms with E-state index in [9.17, 15) is 18.4 Å². The molecule has 5 heteroatoms. The lowest BCUT2D eigenvalue weighted by atomic mass is 10.1. The third-order valence-electron chi connectivity index (χ3n) is 2.83. The number of Topliss-reactive ketones (excluding diaryl/α,β-unsaturated/α-hetero) is 1. The molecular formula is C14H17F2NO2. The molecule has 0 radical (unpaired) electrons. The molecule has 1 aromatic rings. The van der Waals surface area contributed by atoms with Gasteiger partial charge < -0.3 is 5.32 Å². The third kappa shape index (κ3) is 4.77. The van der Waals surface area contributed by atoms with Crippen molar-refractivity contribution in [3.63, 3.8) is 0 Å². The summed E-state index contributed by atoms with van der Waals surface area (Å²) >= 11 is 0. The Morgan fingerprint density at radius 1 is 1.26 bits per heavy atom. The van der Waals surface area contributed by atoms with Gasteiger partial charge in [-0.2, -0.15) is 0 Å². The summed E-state index contributed by atoms with van der Waals surface area (Å²) in [5.74, 6) is -2.28. The molecule has 0 saturated heterocycles. The van der Waals surface area contributed by atoms with E-state index in [0.717, 1.165) is 24.6 Å². The molecule has 0 aliphatic heterocycles. The van der Waals surface area contributed by atoms with Crippen LogP contribution in [0.5, 0.6) is 0 Å². The van der Waals surface area contributed by atoms with Crippen LogP contribution in [0.4, 0.5) is 8.78 Å². The zero-order valence-electron chi connectivity index (χ0n) is 11.0. The minimum absolute atomic E-state index is 0.0286. The number of benzene rings is 1. The Morgan fingerprint density at radius 3 is 2.58 bits per heavy atom. The van der Waals surface area contributed by atoms with Crippen molar-refractivity contribution < 1.29 is 18.4 Å². The van der Waals surface area contributed by atoms with Crippen LogP contribution in [0.3, 0.4) is 0 Å². The molecule has 0 spiro atoms. The van der Waals surface area contributed by atoms with E-state index in [1.165, 1.54) is 0 Å². The zero-order chi connectivity index (χ0) is 14.4. The number of ketones is 1. The van der Waals surface area contributed by atoms with Gasteiger partial charge in [0.1, 0.15) is 11.6 Å². The lowest BCUT2D eigenvalue weighted by Crippen LogP contribution is -2.32. The van der Waals surface area contributed by atoms with Crippen LogP contribution >= 0.6 is 0 Å². The first kappa shape index (κ1) is 15.3. The summed E-state index contributed by atoms with van der Waals surface area (Å²) in [5, 5.41) is 2.70. The van der Waals surface area contributed by atoms with Crippen molar-refractivity contribution in [2.45, 2.75) is 39.2 Å². The molecule has 0 aliphatic rings. The van der Waals surface area contributed by atoms with Gasteiger partial charge >= 0.3 is 0 Å². The summed E-state index contributed by atoms with van der Waals surface area (Å²) in [5.41, 5.74) is -0.309. The lowest BCUT2D eigenvalue weighted by molar-refractivity contribution is -0.121. The van der Waals surface area contributed by atoms with Crippen molar-refractivity contribution >= 4 is 11.7 Å². The Kier molecular flexibility index (Phi) is 5.60. The Hall–Kier alpha value is -1.78. The van der Waals surface area contributed by atoms with Crippen molar-refractivity contribution in [1.29, 1.82) is 0 Å². The number of hydrogen-bond acceptors (Lipinski definition) is 2. The van der Waals surface area contributed by atoms with Crippen molar-refractivity contribution in [2.24, 2.45) is 0 Å². The summed E-state index contributed by atoms with van der Waals surface area (Å²) in [7, 11) is 0. The Balaban J connectivity index is 2.56. The molecule has 1 unspecified atom stereocenters. The van der Waals surface area contributed by atoms with Crippen molar-refractivity contribution in [3.8, 4) is 0 Å². The lowest BCUT2D eigenvalue weighted by Gasteiger charge is -2.10. The van der Waals surface area contributed by atoms with Gasteiger partial charge in [-0.15, -0.1) is 0 Å². The van der Waals surface area contributed by atoms with Crippen LogP contribution in [-0.2, 0) is 4.79 Å². The van der Waals surface area contributed by atoms with Crippen LogP contribution in [0.2, 0.25) is 0 Å². The molecule has 0 heterocycles. The second kappa shape index (κ2) is 6.97. The number of hydrogen-bond donors (Lipinski definition) is 1. The fourth-order valence-corrected chi connectivity index (χ4v) is 1.52. The van der Waals surface area contributed by atoms with Crippen LogP contribution in [0, 0.1) is 11.6 Å². The van der Waals surface area contributed by atoms with Gasteiger partial charge in [-0.05, 0) is 31.5 Å². The largest absolute Gasteiger partial charge is 0.354 e. The van der Waals surface area contributed by atoms with E-state index in [2.05, 4.69) is 5.32 Å². The fraction of sp³-hybridized carbons (Fsp3) is 0.429. The fourth-order valence-electron chi connectivity index (χ4n) is 1.52. The molecule has 1 amide bonds. The maximum Gasteiger partial charge on any atom is 0.220 e. The first-order valence-corrected chi connectivity index (χ1v) is 6.21.